The smallest absolute Gasteiger partial charge is 0.221 e. The average molecular weight is 319 g/mol. The Hall–Kier alpha value is -2.44. The predicted molar refractivity (Wildman–Crippen MR) is 99.5 cm³/mol. The zero-order valence-corrected chi connectivity index (χ0v) is 13.8. The Labute approximate surface area is 137 Å². The highest BCUT2D eigenvalue weighted by atomic mass is 31.1. The largest absolute Gasteiger partial charge is 0.326 e. The first-order chi connectivity index (χ1) is 11.3. The summed E-state index contributed by atoms with van der Waals surface area (Å²) >= 11 is 0. The number of nitrogens with one attached hydrogen (secondary N) is 1. The van der Waals surface area contributed by atoms with Gasteiger partial charge in [0.2, 0.25) is 5.91 Å². The summed E-state index contributed by atoms with van der Waals surface area (Å²) in [5.74, 6) is -0.0477. The molecular formula is C20H18NOP. The van der Waals surface area contributed by atoms with Gasteiger partial charge in [-0.15, -0.1) is 0 Å². The molecule has 0 bridgehead atoms. The van der Waals surface area contributed by atoms with E-state index >= 15 is 0 Å². The molecule has 3 aromatic rings. The van der Waals surface area contributed by atoms with E-state index < -0.39 is 7.92 Å². The molecule has 0 unspecified atom stereocenters. The SMILES string of the molecule is CC(=O)Nc1ccccc1P(c1ccccc1)c1ccccc1. The van der Waals surface area contributed by atoms with Gasteiger partial charge in [0.15, 0.2) is 0 Å². The Morgan fingerprint density at radius 1 is 0.739 bits per heavy atom. The van der Waals surface area contributed by atoms with Crippen LogP contribution in [0.4, 0.5) is 5.69 Å². The molecule has 0 aliphatic heterocycles. The first-order valence-electron chi connectivity index (χ1n) is 7.52. The number of hydrogen-bond acceptors (Lipinski definition) is 1. The van der Waals surface area contributed by atoms with Crippen LogP contribution in [0, 0.1) is 0 Å². The van der Waals surface area contributed by atoms with Crippen LogP contribution in [0.15, 0.2) is 84.9 Å². The number of rotatable bonds is 4. The molecular weight excluding hydrogens is 301 g/mol. The summed E-state index contributed by atoms with van der Waals surface area (Å²) in [6, 6.07) is 29.0. The number of hydrogen-bond donors (Lipinski definition) is 1. The van der Waals surface area contributed by atoms with E-state index in [9.17, 15) is 4.79 Å². The van der Waals surface area contributed by atoms with Crippen molar-refractivity contribution in [3.63, 3.8) is 0 Å². The molecule has 0 saturated heterocycles. The van der Waals surface area contributed by atoms with Gasteiger partial charge in [0, 0.05) is 17.9 Å². The van der Waals surface area contributed by atoms with Gasteiger partial charge in [0.25, 0.3) is 0 Å². The van der Waals surface area contributed by atoms with Gasteiger partial charge in [-0.1, -0.05) is 78.9 Å². The molecule has 2 nitrogen and oxygen atoms in total. The summed E-state index contributed by atoms with van der Waals surface area (Å²) in [6.07, 6.45) is 0. The number of amides is 1. The molecule has 3 rings (SSSR count). The van der Waals surface area contributed by atoms with Crippen molar-refractivity contribution < 1.29 is 4.79 Å². The van der Waals surface area contributed by atoms with Crippen molar-refractivity contribution >= 4 is 35.4 Å². The summed E-state index contributed by atoms with van der Waals surface area (Å²) in [5, 5.41) is 6.67. The van der Waals surface area contributed by atoms with Gasteiger partial charge in [0.05, 0.1) is 0 Å². The van der Waals surface area contributed by atoms with Gasteiger partial charge >= 0.3 is 0 Å². The lowest BCUT2D eigenvalue weighted by Gasteiger charge is -2.22. The van der Waals surface area contributed by atoms with Gasteiger partial charge in [-0.25, -0.2) is 0 Å². The van der Waals surface area contributed by atoms with Gasteiger partial charge in [-0.3, -0.25) is 4.79 Å². The van der Waals surface area contributed by atoms with Gasteiger partial charge < -0.3 is 5.32 Å². The number of benzene rings is 3. The summed E-state index contributed by atoms with van der Waals surface area (Å²) in [5.41, 5.74) is 0.888. The second kappa shape index (κ2) is 7.21. The van der Waals surface area contributed by atoms with Crippen molar-refractivity contribution in [1.29, 1.82) is 0 Å². The second-order valence-corrected chi connectivity index (χ2v) is 7.39. The molecule has 0 aliphatic carbocycles. The van der Waals surface area contributed by atoms with Crippen LogP contribution in [0.2, 0.25) is 0 Å². The Morgan fingerprint density at radius 3 is 1.74 bits per heavy atom. The third kappa shape index (κ3) is 3.67. The molecule has 0 aliphatic rings. The van der Waals surface area contributed by atoms with Crippen molar-refractivity contribution in [3.8, 4) is 0 Å². The monoisotopic (exact) mass is 319 g/mol. The van der Waals surface area contributed by atoms with Crippen LogP contribution in [0.25, 0.3) is 0 Å². The molecule has 1 amide bonds. The first-order valence-corrected chi connectivity index (χ1v) is 8.87. The number of para-hydroxylation sites is 1. The van der Waals surface area contributed by atoms with Crippen molar-refractivity contribution in [2.45, 2.75) is 6.92 Å². The van der Waals surface area contributed by atoms with Crippen LogP contribution in [-0.4, -0.2) is 5.91 Å². The molecule has 0 heterocycles. The molecule has 1 N–H and O–H groups in total. The minimum atomic E-state index is -0.712. The van der Waals surface area contributed by atoms with E-state index in [1.165, 1.54) is 10.6 Å². The van der Waals surface area contributed by atoms with Gasteiger partial charge in [-0.05, 0) is 24.6 Å². The molecule has 0 aromatic heterocycles. The van der Waals surface area contributed by atoms with E-state index in [1.807, 2.05) is 30.3 Å². The van der Waals surface area contributed by atoms with Crippen LogP contribution in [-0.2, 0) is 4.79 Å². The lowest BCUT2D eigenvalue weighted by molar-refractivity contribution is -0.114. The molecule has 3 heteroatoms. The molecule has 0 radical (unpaired) electrons. The zero-order chi connectivity index (χ0) is 16.1. The lowest BCUT2D eigenvalue weighted by atomic mass is 10.3. The standard InChI is InChI=1S/C20H18NOP/c1-16(22)21-19-14-8-9-15-20(19)23(17-10-4-2-5-11-17)18-12-6-3-7-13-18/h2-15H,1H3,(H,21,22). The van der Waals surface area contributed by atoms with E-state index in [0.29, 0.717) is 0 Å². The Balaban J connectivity index is 2.15. The van der Waals surface area contributed by atoms with Crippen LogP contribution in [0.3, 0.4) is 0 Å². The summed E-state index contributed by atoms with van der Waals surface area (Å²) in [4.78, 5) is 11.6. The van der Waals surface area contributed by atoms with Crippen molar-refractivity contribution in [1.82, 2.24) is 0 Å². The Morgan fingerprint density at radius 2 is 1.22 bits per heavy atom. The third-order valence-corrected chi connectivity index (χ3v) is 5.99. The fourth-order valence-corrected chi connectivity index (χ4v) is 4.95. The Bertz CT molecular complexity index is 748. The topological polar surface area (TPSA) is 29.1 Å². The highest BCUT2D eigenvalue weighted by Crippen LogP contribution is 2.35. The molecule has 0 atom stereocenters. The molecule has 3 aromatic carbocycles. The normalized spacial score (nSPS) is 10.5. The molecule has 23 heavy (non-hydrogen) atoms. The zero-order valence-electron chi connectivity index (χ0n) is 12.9. The highest BCUT2D eigenvalue weighted by Gasteiger charge is 2.19. The van der Waals surface area contributed by atoms with Crippen molar-refractivity contribution in [2.24, 2.45) is 0 Å². The minimum Gasteiger partial charge on any atom is -0.326 e. The van der Waals surface area contributed by atoms with Crippen LogP contribution in [0.5, 0.6) is 0 Å². The summed E-state index contributed by atoms with van der Waals surface area (Å²) in [6.45, 7) is 1.55. The predicted octanol–water partition coefficient (Wildman–Crippen LogP) is 3.40. The summed E-state index contributed by atoms with van der Waals surface area (Å²) in [7, 11) is -0.712. The maximum absolute atomic E-state index is 11.6. The average Bonchev–Trinajstić information content (AvgIpc) is 2.58. The van der Waals surface area contributed by atoms with Gasteiger partial charge in [0.1, 0.15) is 0 Å². The Kier molecular flexibility index (Phi) is 4.85. The lowest BCUT2D eigenvalue weighted by Crippen LogP contribution is -2.24. The molecule has 0 spiro atoms. The van der Waals surface area contributed by atoms with Crippen LogP contribution < -0.4 is 21.2 Å². The van der Waals surface area contributed by atoms with E-state index in [4.69, 9.17) is 0 Å². The van der Waals surface area contributed by atoms with Crippen LogP contribution >= 0.6 is 7.92 Å². The maximum Gasteiger partial charge on any atom is 0.221 e. The van der Waals surface area contributed by atoms with E-state index in [1.54, 1.807) is 6.92 Å². The van der Waals surface area contributed by atoms with E-state index in [2.05, 4.69) is 59.9 Å². The number of carbonyl (C=O) groups excluding carboxylic acids is 1. The second-order valence-electron chi connectivity index (χ2n) is 5.20. The first kappa shape index (κ1) is 15.5. The fourth-order valence-electron chi connectivity index (χ4n) is 2.55. The van der Waals surface area contributed by atoms with Gasteiger partial charge in [-0.2, -0.15) is 0 Å². The summed E-state index contributed by atoms with van der Waals surface area (Å²) < 4.78 is 0. The van der Waals surface area contributed by atoms with Crippen molar-refractivity contribution in [3.05, 3.63) is 84.9 Å². The molecule has 114 valence electrons. The minimum absolute atomic E-state index is 0.0477. The quantitative estimate of drug-likeness (QED) is 0.734. The van der Waals surface area contributed by atoms with E-state index in [-0.39, 0.29) is 5.91 Å². The van der Waals surface area contributed by atoms with Crippen molar-refractivity contribution in [2.75, 3.05) is 5.32 Å². The molecule has 0 saturated carbocycles. The number of carbonyl (C=O) groups is 1. The maximum atomic E-state index is 11.6. The van der Waals surface area contributed by atoms with E-state index in [0.717, 1.165) is 11.0 Å². The fraction of sp³-hybridized carbons (Fsp3) is 0.0500. The number of anilines is 1. The van der Waals surface area contributed by atoms with Crippen LogP contribution in [0.1, 0.15) is 6.92 Å². The highest BCUT2D eigenvalue weighted by molar-refractivity contribution is 7.80. The molecule has 0 fully saturated rings. The third-order valence-electron chi connectivity index (χ3n) is 3.48.